The van der Waals surface area contributed by atoms with E-state index >= 15 is 0 Å². The fourth-order valence-electron chi connectivity index (χ4n) is 3.04. The van der Waals surface area contributed by atoms with Gasteiger partial charge in [-0.15, -0.1) is 0 Å². The van der Waals surface area contributed by atoms with Crippen LogP contribution in [0, 0.1) is 5.82 Å². The topological polar surface area (TPSA) is 3.24 Å². The maximum atomic E-state index is 13.0. The second-order valence-electron chi connectivity index (χ2n) is 5.17. The Morgan fingerprint density at radius 3 is 3.18 bits per heavy atom. The molecule has 1 aromatic rings. The maximum absolute atomic E-state index is 13.0. The van der Waals surface area contributed by atoms with Crippen LogP contribution in [0.5, 0.6) is 0 Å². The fourth-order valence-corrected chi connectivity index (χ4v) is 3.04. The Bertz CT molecular complexity index is 424. The standard InChI is InChI=1S/C15H18FN/c16-14-4-1-3-12(9-14)6-7-13-10-15-5-2-8-17(15)11-13/h1,3-4,7,9,15H,2,5-6,8,10-11H2/b13-7-. The van der Waals surface area contributed by atoms with E-state index in [4.69, 9.17) is 0 Å². The highest BCUT2D eigenvalue weighted by molar-refractivity contribution is 5.22. The van der Waals surface area contributed by atoms with Crippen LogP contribution in [0.4, 0.5) is 4.39 Å². The van der Waals surface area contributed by atoms with Gasteiger partial charge in [0, 0.05) is 12.6 Å². The zero-order chi connectivity index (χ0) is 11.7. The quantitative estimate of drug-likeness (QED) is 0.707. The summed E-state index contributed by atoms with van der Waals surface area (Å²) in [6, 6.07) is 7.72. The van der Waals surface area contributed by atoms with Gasteiger partial charge in [-0.05, 0) is 49.9 Å². The number of hydrogen-bond acceptors (Lipinski definition) is 1. The lowest BCUT2D eigenvalue weighted by atomic mass is 10.1. The molecule has 17 heavy (non-hydrogen) atoms. The van der Waals surface area contributed by atoms with Gasteiger partial charge in [-0.25, -0.2) is 4.39 Å². The van der Waals surface area contributed by atoms with Crippen molar-refractivity contribution in [3.63, 3.8) is 0 Å². The monoisotopic (exact) mass is 231 g/mol. The molecule has 0 N–H and O–H groups in total. The summed E-state index contributed by atoms with van der Waals surface area (Å²) in [7, 11) is 0. The van der Waals surface area contributed by atoms with Gasteiger partial charge in [-0.3, -0.25) is 4.90 Å². The van der Waals surface area contributed by atoms with Crippen molar-refractivity contribution in [2.24, 2.45) is 0 Å². The Hall–Kier alpha value is -1.15. The maximum Gasteiger partial charge on any atom is 0.123 e. The van der Waals surface area contributed by atoms with Crippen LogP contribution < -0.4 is 0 Å². The Kier molecular flexibility index (Phi) is 2.98. The van der Waals surface area contributed by atoms with E-state index in [-0.39, 0.29) is 5.82 Å². The van der Waals surface area contributed by atoms with Crippen LogP contribution >= 0.6 is 0 Å². The van der Waals surface area contributed by atoms with Crippen LogP contribution in [0.2, 0.25) is 0 Å². The van der Waals surface area contributed by atoms with Crippen LogP contribution in [0.25, 0.3) is 0 Å². The van der Waals surface area contributed by atoms with Crippen LogP contribution in [0.15, 0.2) is 35.9 Å². The molecule has 2 saturated heterocycles. The van der Waals surface area contributed by atoms with Crippen molar-refractivity contribution in [2.75, 3.05) is 13.1 Å². The number of fused-ring (bicyclic) bond motifs is 1. The third-order valence-corrected chi connectivity index (χ3v) is 3.92. The molecular formula is C15H18FN. The molecule has 0 bridgehead atoms. The lowest BCUT2D eigenvalue weighted by Crippen LogP contribution is -2.21. The third-order valence-electron chi connectivity index (χ3n) is 3.92. The molecule has 90 valence electrons. The van der Waals surface area contributed by atoms with Crippen molar-refractivity contribution in [1.29, 1.82) is 0 Å². The van der Waals surface area contributed by atoms with E-state index in [1.807, 2.05) is 6.07 Å². The molecule has 2 heteroatoms. The second kappa shape index (κ2) is 4.61. The molecule has 0 spiro atoms. The number of benzene rings is 1. The highest BCUT2D eigenvalue weighted by atomic mass is 19.1. The molecule has 0 saturated carbocycles. The smallest absolute Gasteiger partial charge is 0.123 e. The van der Waals surface area contributed by atoms with Crippen molar-refractivity contribution in [1.82, 2.24) is 4.90 Å². The molecule has 1 unspecified atom stereocenters. The number of allylic oxidation sites excluding steroid dienone is 1. The SMILES string of the molecule is Fc1cccc(C/C=C2/CC3CCCN3C2)c1. The molecule has 1 nitrogen and oxygen atoms in total. The van der Waals surface area contributed by atoms with Gasteiger partial charge in [0.05, 0.1) is 0 Å². The Labute approximate surface area is 102 Å². The van der Waals surface area contributed by atoms with E-state index in [9.17, 15) is 4.39 Å². The highest BCUT2D eigenvalue weighted by Crippen LogP contribution is 2.30. The predicted octanol–water partition coefficient (Wildman–Crippen LogP) is 3.16. The van der Waals surface area contributed by atoms with E-state index in [1.165, 1.54) is 31.9 Å². The average Bonchev–Trinajstić information content (AvgIpc) is 2.86. The molecule has 2 aliphatic heterocycles. The fraction of sp³-hybridized carbons (Fsp3) is 0.467. The van der Waals surface area contributed by atoms with Gasteiger partial charge in [0.15, 0.2) is 0 Å². The molecule has 1 aromatic carbocycles. The molecule has 0 radical (unpaired) electrons. The minimum Gasteiger partial charge on any atom is -0.296 e. The molecule has 2 fully saturated rings. The summed E-state index contributed by atoms with van der Waals surface area (Å²) < 4.78 is 13.0. The van der Waals surface area contributed by atoms with Gasteiger partial charge in [-0.1, -0.05) is 23.8 Å². The van der Waals surface area contributed by atoms with Crippen LogP contribution in [-0.2, 0) is 6.42 Å². The second-order valence-corrected chi connectivity index (χ2v) is 5.17. The molecule has 2 aliphatic rings. The molecule has 0 aliphatic carbocycles. The molecule has 0 aromatic heterocycles. The van der Waals surface area contributed by atoms with Crippen molar-refractivity contribution in [3.8, 4) is 0 Å². The van der Waals surface area contributed by atoms with E-state index < -0.39 is 0 Å². The van der Waals surface area contributed by atoms with Gasteiger partial charge in [0.1, 0.15) is 5.82 Å². The van der Waals surface area contributed by atoms with E-state index in [0.29, 0.717) is 0 Å². The summed E-state index contributed by atoms with van der Waals surface area (Å²) in [5.74, 6) is -0.132. The van der Waals surface area contributed by atoms with Gasteiger partial charge in [0.2, 0.25) is 0 Å². The molecule has 1 atom stereocenters. The Morgan fingerprint density at radius 2 is 2.35 bits per heavy atom. The van der Waals surface area contributed by atoms with Gasteiger partial charge < -0.3 is 0 Å². The predicted molar refractivity (Wildman–Crippen MR) is 67.4 cm³/mol. The summed E-state index contributed by atoms with van der Waals surface area (Å²) >= 11 is 0. The first-order chi connectivity index (χ1) is 8.31. The van der Waals surface area contributed by atoms with Crippen molar-refractivity contribution >= 4 is 0 Å². The largest absolute Gasteiger partial charge is 0.296 e. The first kappa shape index (κ1) is 11.0. The van der Waals surface area contributed by atoms with Gasteiger partial charge in [0.25, 0.3) is 0 Å². The number of halogens is 1. The van der Waals surface area contributed by atoms with Gasteiger partial charge in [-0.2, -0.15) is 0 Å². The summed E-state index contributed by atoms with van der Waals surface area (Å²) in [6.45, 7) is 2.40. The lowest BCUT2D eigenvalue weighted by Gasteiger charge is -2.11. The Balaban J connectivity index is 1.64. The number of hydrogen-bond donors (Lipinski definition) is 0. The van der Waals surface area contributed by atoms with Crippen molar-refractivity contribution in [3.05, 3.63) is 47.3 Å². The summed E-state index contributed by atoms with van der Waals surface area (Å²) in [6.07, 6.45) is 7.12. The minimum atomic E-state index is -0.132. The molecule has 2 heterocycles. The number of rotatable bonds is 2. The first-order valence-corrected chi connectivity index (χ1v) is 6.48. The van der Waals surface area contributed by atoms with Gasteiger partial charge >= 0.3 is 0 Å². The van der Waals surface area contributed by atoms with Crippen LogP contribution in [0.1, 0.15) is 24.8 Å². The highest BCUT2D eigenvalue weighted by Gasteiger charge is 2.31. The first-order valence-electron chi connectivity index (χ1n) is 6.48. The van der Waals surface area contributed by atoms with Crippen LogP contribution in [0.3, 0.4) is 0 Å². The van der Waals surface area contributed by atoms with E-state index in [0.717, 1.165) is 24.6 Å². The third kappa shape index (κ3) is 2.42. The van der Waals surface area contributed by atoms with E-state index in [2.05, 4.69) is 11.0 Å². The molecule has 0 amide bonds. The minimum absolute atomic E-state index is 0.132. The van der Waals surface area contributed by atoms with Crippen molar-refractivity contribution < 1.29 is 4.39 Å². The zero-order valence-electron chi connectivity index (χ0n) is 10.0. The zero-order valence-corrected chi connectivity index (χ0v) is 10.0. The Morgan fingerprint density at radius 1 is 1.41 bits per heavy atom. The van der Waals surface area contributed by atoms with E-state index in [1.54, 1.807) is 17.7 Å². The normalized spacial score (nSPS) is 26.6. The summed E-state index contributed by atoms with van der Waals surface area (Å²) in [5.41, 5.74) is 2.61. The van der Waals surface area contributed by atoms with Crippen LogP contribution in [-0.4, -0.2) is 24.0 Å². The summed E-state index contributed by atoms with van der Waals surface area (Å²) in [5, 5.41) is 0. The number of nitrogens with zero attached hydrogens (tertiary/aromatic N) is 1. The average molecular weight is 231 g/mol. The molecular weight excluding hydrogens is 213 g/mol. The molecule has 3 rings (SSSR count). The van der Waals surface area contributed by atoms with Crippen molar-refractivity contribution in [2.45, 2.75) is 31.7 Å². The lowest BCUT2D eigenvalue weighted by molar-refractivity contribution is 0.327. The summed E-state index contributed by atoms with van der Waals surface area (Å²) in [4.78, 5) is 2.58.